The van der Waals surface area contributed by atoms with Crippen molar-refractivity contribution in [2.75, 3.05) is 7.05 Å². The van der Waals surface area contributed by atoms with Crippen LogP contribution in [0.4, 0.5) is 0 Å². The van der Waals surface area contributed by atoms with Crippen molar-refractivity contribution in [3.05, 3.63) is 72.1 Å². The van der Waals surface area contributed by atoms with Gasteiger partial charge < -0.3 is 4.90 Å². The first kappa shape index (κ1) is 18.7. The highest BCUT2D eigenvalue weighted by Gasteiger charge is 2.22. The summed E-state index contributed by atoms with van der Waals surface area (Å²) in [5, 5.41) is 13.5. The molecule has 0 radical (unpaired) electrons. The van der Waals surface area contributed by atoms with Crippen molar-refractivity contribution >= 4 is 15.9 Å². The third-order valence-corrected chi connectivity index (χ3v) is 5.22. The van der Waals surface area contributed by atoms with Gasteiger partial charge in [-0.2, -0.15) is 9.90 Å². The van der Waals surface area contributed by atoms with Gasteiger partial charge in [0.15, 0.2) is 5.69 Å². The number of carbonyl (C=O) groups is 1. The molecule has 0 aliphatic heterocycles. The molecule has 1 heterocycles. The minimum atomic E-state index is -3.75. The molecule has 1 amide bonds. The number of primary sulfonamides is 1. The van der Waals surface area contributed by atoms with E-state index < -0.39 is 10.0 Å². The van der Waals surface area contributed by atoms with Gasteiger partial charge in [-0.1, -0.05) is 30.3 Å². The molecule has 1 atom stereocenters. The number of aromatic nitrogens is 3. The third kappa shape index (κ3) is 4.04. The van der Waals surface area contributed by atoms with Crippen molar-refractivity contribution in [2.45, 2.75) is 17.9 Å². The molecule has 2 aromatic carbocycles. The second-order valence-corrected chi connectivity index (χ2v) is 7.62. The minimum Gasteiger partial charge on any atom is -0.334 e. The number of carbonyl (C=O) groups excluding carboxylic acids is 1. The summed E-state index contributed by atoms with van der Waals surface area (Å²) in [6, 6.07) is 15.1. The van der Waals surface area contributed by atoms with Gasteiger partial charge in [0.05, 0.1) is 22.8 Å². The van der Waals surface area contributed by atoms with Gasteiger partial charge in [0.2, 0.25) is 10.0 Å². The molecular formula is C18H19N5O3S. The molecule has 0 aliphatic carbocycles. The van der Waals surface area contributed by atoms with Crippen LogP contribution >= 0.6 is 0 Å². The second-order valence-electron chi connectivity index (χ2n) is 6.06. The molecule has 0 unspecified atom stereocenters. The monoisotopic (exact) mass is 385 g/mol. The van der Waals surface area contributed by atoms with Crippen LogP contribution < -0.4 is 5.14 Å². The molecule has 2 N–H and O–H groups in total. The van der Waals surface area contributed by atoms with Gasteiger partial charge >= 0.3 is 0 Å². The van der Waals surface area contributed by atoms with Gasteiger partial charge in [0.1, 0.15) is 0 Å². The maximum atomic E-state index is 12.7. The van der Waals surface area contributed by atoms with Crippen LogP contribution in [0, 0.1) is 0 Å². The van der Waals surface area contributed by atoms with Crippen molar-refractivity contribution < 1.29 is 13.2 Å². The highest BCUT2D eigenvalue weighted by atomic mass is 32.2. The van der Waals surface area contributed by atoms with Crippen LogP contribution in [0.5, 0.6) is 0 Å². The predicted octanol–water partition coefficient (Wildman–Crippen LogP) is 1.75. The Bertz CT molecular complexity index is 1050. The van der Waals surface area contributed by atoms with Gasteiger partial charge in [0, 0.05) is 7.05 Å². The highest BCUT2D eigenvalue weighted by molar-refractivity contribution is 7.89. The fourth-order valence-electron chi connectivity index (χ4n) is 2.56. The smallest absolute Gasteiger partial charge is 0.276 e. The van der Waals surface area contributed by atoms with E-state index >= 15 is 0 Å². The standard InChI is InChI=1S/C18H19N5O3S/c1-13(14-8-10-16(11-9-14)27(19,25)26)22(2)18(24)17-12-20-23(21-17)15-6-4-3-5-7-15/h3-13H,1-2H3,(H2,19,25,26)/t13-/m0/s1. The first-order valence-electron chi connectivity index (χ1n) is 8.15. The summed E-state index contributed by atoms with van der Waals surface area (Å²) in [4.78, 5) is 15.7. The van der Waals surface area contributed by atoms with Crippen molar-refractivity contribution in [3.8, 4) is 5.69 Å². The van der Waals surface area contributed by atoms with Gasteiger partial charge in [-0.3, -0.25) is 4.79 Å². The molecule has 9 heteroatoms. The second kappa shape index (κ2) is 7.29. The largest absolute Gasteiger partial charge is 0.334 e. The Kier molecular flexibility index (Phi) is 5.06. The van der Waals surface area contributed by atoms with Crippen LogP contribution in [0.15, 0.2) is 65.7 Å². The van der Waals surface area contributed by atoms with Gasteiger partial charge in [-0.25, -0.2) is 13.6 Å². The Morgan fingerprint density at radius 2 is 1.74 bits per heavy atom. The third-order valence-electron chi connectivity index (χ3n) is 4.29. The number of nitrogens with zero attached hydrogens (tertiary/aromatic N) is 4. The van der Waals surface area contributed by atoms with E-state index in [-0.39, 0.29) is 22.5 Å². The Hall–Kier alpha value is -3.04. The first-order valence-corrected chi connectivity index (χ1v) is 9.69. The number of para-hydroxylation sites is 1. The number of sulfonamides is 1. The Morgan fingerprint density at radius 3 is 2.33 bits per heavy atom. The number of rotatable bonds is 5. The van der Waals surface area contributed by atoms with Crippen LogP contribution in [0.2, 0.25) is 0 Å². The molecule has 27 heavy (non-hydrogen) atoms. The summed E-state index contributed by atoms with van der Waals surface area (Å²) in [6.07, 6.45) is 1.42. The van der Waals surface area contributed by atoms with Crippen molar-refractivity contribution in [2.24, 2.45) is 5.14 Å². The minimum absolute atomic E-state index is 0.0261. The lowest BCUT2D eigenvalue weighted by Crippen LogP contribution is -2.30. The molecule has 0 spiro atoms. The van der Waals surface area contributed by atoms with Crippen molar-refractivity contribution in [3.63, 3.8) is 0 Å². The topological polar surface area (TPSA) is 111 Å². The first-order chi connectivity index (χ1) is 12.8. The van der Waals surface area contributed by atoms with Gasteiger partial charge in [-0.05, 0) is 36.8 Å². The van der Waals surface area contributed by atoms with Gasteiger partial charge in [0.25, 0.3) is 5.91 Å². The normalized spacial score (nSPS) is 12.6. The van der Waals surface area contributed by atoms with E-state index in [1.54, 1.807) is 19.2 Å². The van der Waals surface area contributed by atoms with Crippen LogP contribution in [0.1, 0.15) is 29.0 Å². The van der Waals surface area contributed by atoms with Crippen LogP contribution in [0.3, 0.4) is 0 Å². The Morgan fingerprint density at radius 1 is 1.11 bits per heavy atom. The molecule has 0 saturated carbocycles. The molecule has 0 saturated heterocycles. The van der Waals surface area contributed by atoms with E-state index in [4.69, 9.17) is 5.14 Å². The van der Waals surface area contributed by atoms with Gasteiger partial charge in [-0.15, -0.1) is 5.10 Å². The number of benzene rings is 2. The zero-order chi connectivity index (χ0) is 19.6. The maximum absolute atomic E-state index is 12.7. The number of hydrogen-bond donors (Lipinski definition) is 1. The van der Waals surface area contributed by atoms with Crippen molar-refractivity contribution in [1.29, 1.82) is 0 Å². The molecule has 3 rings (SSSR count). The van der Waals surface area contributed by atoms with Crippen LogP contribution in [-0.2, 0) is 10.0 Å². The molecule has 0 bridgehead atoms. The molecule has 3 aromatic rings. The SMILES string of the molecule is C[C@@H](c1ccc(S(N)(=O)=O)cc1)N(C)C(=O)c1cnn(-c2ccccc2)n1. The van der Waals surface area contributed by atoms with E-state index in [1.165, 1.54) is 28.0 Å². The zero-order valence-electron chi connectivity index (χ0n) is 14.9. The molecular weight excluding hydrogens is 366 g/mol. The fraction of sp³-hybridized carbons (Fsp3) is 0.167. The van der Waals surface area contributed by atoms with Crippen molar-refractivity contribution in [1.82, 2.24) is 19.9 Å². The van der Waals surface area contributed by atoms with E-state index in [9.17, 15) is 13.2 Å². The van der Waals surface area contributed by atoms with E-state index in [1.807, 2.05) is 37.3 Å². The molecule has 140 valence electrons. The molecule has 0 fully saturated rings. The quantitative estimate of drug-likeness (QED) is 0.719. The van der Waals surface area contributed by atoms with Crippen LogP contribution in [0.25, 0.3) is 5.69 Å². The van der Waals surface area contributed by atoms with E-state index in [0.29, 0.717) is 0 Å². The summed E-state index contributed by atoms with van der Waals surface area (Å²) >= 11 is 0. The number of hydrogen-bond acceptors (Lipinski definition) is 5. The summed E-state index contributed by atoms with van der Waals surface area (Å²) in [5.41, 5.74) is 1.74. The molecule has 8 nitrogen and oxygen atoms in total. The lowest BCUT2D eigenvalue weighted by Gasteiger charge is -2.24. The summed E-state index contributed by atoms with van der Waals surface area (Å²) in [7, 11) is -2.10. The van der Waals surface area contributed by atoms with Crippen LogP contribution in [-0.4, -0.2) is 41.3 Å². The summed E-state index contributed by atoms with van der Waals surface area (Å²) in [5.74, 6) is -0.291. The predicted molar refractivity (Wildman–Crippen MR) is 99.7 cm³/mol. The fourth-order valence-corrected chi connectivity index (χ4v) is 3.08. The average Bonchev–Trinajstić information content (AvgIpc) is 3.16. The van der Waals surface area contributed by atoms with E-state index in [2.05, 4.69) is 10.2 Å². The lowest BCUT2D eigenvalue weighted by molar-refractivity contribution is 0.0736. The van der Waals surface area contributed by atoms with E-state index in [0.717, 1.165) is 11.3 Å². The highest BCUT2D eigenvalue weighted by Crippen LogP contribution is 2.21. The summed E-state index contributed by atoms with van der Waals surface area (Å²) < 4.78 is 22.7. The number of nitrogens with two attached hydrogens (primary N) is 1. The Labute approximate surface area is 157 Å². The maximum Gasteiger partial charge on any atom is 0.276 e. The zero-order valence-corrected chi connectivity index (χ0v) is 15.7. The molecule has 1 aromatic heterocycles. The lowest BCUT2D eigenvalue weighted by atomic mass is 10.1. The number of amides is 1. The summed E-state index contributed by atoms with van der Waals surface area (Å²) in [6.45, 7) is 1.84. The molecule has 0 aliphatic rings. The Balaban J connectivity index is 1.78. The average molecular weight is 385 g/mol.